The number of amides is 1. The first-order valence-electron chi connectivity index (χ1n) is 9.05. The molecule has 8 heteroatoms. The number of thiophene rings is 1. The second kappa shape index (κ2) is 8.71. The zero-order chi connectivity index (χ0) is 22.0. The van der Waals surface area contributed by atoms with Gasteiger partial charge in [0.15, 0.2) is 17.5 Å². The van der Waals surface area contributed by atoms with E-state index >= 15 is 0 Å². The van der Waals surface area contributed by atoms with Crippen LogP contribution in [0.15, 0.2) is 35.7 Å². The number of rotatable bonds is 5. The highest BCUT2D eigenvalue weighted by molar-refractivity contribution is 7.15. The van der Waals surface area contributed by atoms with Gasteiger partial charge in [0.05, 0.1) is 12.2 Å². The van der Waals surface area contributed by atoms with Gasteiger partial charge in [0, 0.05) is 10.9 Å². The van der Waals surface area contributed by atoms with E-state index in [0.29, 0.717) is 11.6 Å². The number of carbonyl (C=O) groups is 2. The van der Waals surface area contributed by atoms with Crippen LogP contribution in [-0.4, -0.2) is 18.5 Å². The van der Waals surface area contributed by atoms with E-state index in [4.69, 9.17) is 4.74 Å². The number of aryl methyl sites for hydroxylation is 2. The number of benzene rings is 2. The fourth-order valence-corrected chi connectivity index (χ4v) is 3.98. The zero-order valence-electron chi connectivity index (χ0n) is 16.4. The lowest BCUT2D eigenvalue weighted by Crippen LogP contribution is -2.17. The number of hydrogen-bond donors (Lipinski definition) is 1. The van der Waals surface area contributed by atoms with Crippen molar-refractivity contribution in [3.8, 4) is 11.1 Å². The Bertz CT molecular complexity index is 1140. The zero-order valence-corrected chi connectivity index (χ0v) is 17.3. The van der Waals surface area contributed by atoms with Gasteiger partial charge in [0.1, 0.15) is 10.6 Å². The van der Waals surface area contributed by atoms with E-state index in [2.05, 4.69) is 5.32 Å². The standard InChI is InChI=1S/C22H18F3NO3S/c1-4-29-22(28)17-15(13-6-5-11(2)9-12(13)3)10-30-21(17)26-20(27)14-7-8-16(23)19(25)18(14)24/h5-10H,4H2,1-3H3,(H,26,27). The fraction of sp³-hybridized carbons (Fsp3) is 0.182. The molecule has 0 saturated heterocycles. The Hall–Kier alpha value is -3.13. The third-order valence-corrected chi connectivity index (χ3v) is 5.34. The summed E-state index contributed by atoms with van der Waals surface area (Å²) in [6.07, 6.45) is 0. The average Bonchev–Trinajstić information content (AvgIpc) is 3.09. The number of anilines is 1. The van der Waals surface area contributed by atoms with Crippen molar-refractivity contribution < 1.29 is 27.5 Å². The van der Waals surface area contributed by atoms with Gasteiger partial charge in [-0.1, -0.05) is 23.8 Å². The van der Waals surface area contributed by atoms with Crippen molar-refractivity contribution in [2.45, 2.75) is 20.8 Å². The lowest BCUT2D eigenvalue weighted by Gasteiger charge is -2.11. The predicted octanol–water partition coefficient (Wildman–Crippen LogP) is 5.88. The van der Waals surface area contributed by atoms with Crippen LogP contribution < -0.4 is 5.32 Å². The minimum atomic E-state index is -1.74. The van der Waals surface area contributed by atoms with Gasteiger partial charge in [-0.05, 0) is 44.0 Å². The lowest BCUT2D eigenvalue weighted by atomic mass is 9.97. The number of esters is 1. The number of halogens is 3. The first-order valence-corrected chi connectivity index (χ1v) is 9.93. The normalized spacial score (nSPS) is 10.7. The van der Waals surface area contributed by atoms with Crippen molar-refractivity contribution >= 4 is 28.2 Å². The van der Waals surface area contributed by atoms with Gasteiger partial charge in [0.25, 0.3) is 5.91 Å². The topological polar surface area (TPSA) is 55.4 Å². The molecule has 3 rings (SSSR count). The van der Waals surface area contributed by atoms with Gasteiger partial charge in [-0.25, -0.2) is 18.0 Å². The molecule has 0 saturated carbocycles. The van der Waals surface area contributed by atoms with E-state index < -0.39 is 34.9 Å². The van der Waals surface area contributed by atoms with Crippen LogP contribution in [0.1, 0.15) is 38.8 Å². The lowest BCUT2D eigenvalue weighted by molar-refractivity contribution is 0.0529. The molecule has 156 valence electrons. The molecule has 0 atom stereocenters. The Morgan fingerprint density at radius 3 is 2.43 bits per heavy atom. The van der Waals surface area contributed by atoms with Gasteiger partial charge in [0.2, 0.25) is 0 Å². The molecule has 0 aliphatic rings. The van der Waals surface area contributed by atoms with Crippen molar-refractivity contribution in [2.75, 3.05) is 11.9 Å². The quantitative estimate of drug-likeness (QED) is 0.404. The van der Waals surface area contributed by atoms with Crippen LogP contribution in [0.5, 0.6) is 0 Å². The maximum atomic E-state index is 14.0. The van der Waals surface area contributed by atoms with Crippen LogP contribution in [0.2, 0.25) is 0 Å². The number of ether oxygens (including phenoxy) is 1. The van der Waals surface area contributed by atoms with E-state index in [0.717, 1.165) is 34.1 Å². The maximum absolute atomic E-state index is 14.0. The number of nitrogens with one attached hydrogen (secondary N) is 1. The minimum absolute atomic E-state index is 0.116. The first-order chi connectivity index (χ1) is 14.2. The first kappa shape index (κ1) is 21.6. The molecular weight excluding hydrogens is 415 g/mol. The van der Waals surface area contributed by atoms with Gasteiger partial charge in [-0.3, -0.25) is 4.79 Å². The van der Waals surface area contributed by atoms with E-state index in [1.807, 2.05) is 32.0 Å². The van der Waals surface area contributed by atoms with Gasteiger partial charge >= 0.3 is 5.97 Å². The van der Waals surface area contributed by atoms with Crippen molar-refractivity contribution in [3.05, 3.63) is 75.4 Å². The van der Waals surface area contributed by atoms with E-state index in [-0.39, 0.29) is 17.2 Å². The monoisotopic (exact) mass is 433 g/mol. The summed E-state index contributed by atoms with van der Waals surface area (Å²) in [4.78, 5) is 25.1. The van der Waals surface area contributed by atoms with Gasteiger partial charge in [-0.2, -0.15) is 0 Å². The molecule has 1 N–H and O–H groups in total. The Morgan fingerprint density at radius 1 is 1.03 bits per heavy atom. The van der Waals surface area contributed by atoms with Crippen molar-refractivity contribution in [3.63, 3.8) is 0 Å². The van der Waals surface area contributed by atoms with Crippen LogP contribution in [0, 0.1) is 31.3 Å². The average molecular weight is 433 g/mol. The molecule has 0 bridgehead atoms. The van der Waals surface area contributed by atoms with Crippen molar-refractivity contribution in [2.24, 2.45) is 0 Å². The Labute approximate surface area is 175 Å². The summed E-state index contributed by atoms with van der Waals surface area (Å²) in [5.41, 5.74) is 2.74. The summed E-state index contributed by atoms with van der Waals surface area (Å²) in [7, 11) is 0. The van der Waals surface area contributed by atoms with Crippen molar-refractivity contribution in [1.29, 1.82) is 0 Å². The van der Waals surface area contributed by atoms with E-state index in [9.17, 15) is 22.8 Å². The van der Waals surface area contributed by atoms with E-state index in [1.54, 1.807) is 12.3 Å². The van der Waals surface area contributed by atoms with Crippen molar-refractivity contribution in [1.82, 2.24) is 0 Å². The Balaban J connectivity index is 2.05. The summed E-state index contributed by atoms with van der Waals surface area (Å²) in [5, 5.41) is 4.23. The molecule has 2 aromatic carbocycles. The summed E-state index contributed by atoms with van der Waals surface area (Å²) in [5.74, 6) is -6.41. The summed E-state index contributed by atoms with van der Waals surface area (Å²) >= 11 is 1.05. The maximum Gasteiger partial charge on any atom is 0.341 e. The molecule has 0 radical (unpaired) electrons. The smallest absolute Gasteiger partial charge is 0.341 e. The molecule has 0 fully saturated rings. The van der Waals surface area contributed by atoms with Crippen LogP contribution in [0.4, 0.5) is 18.2 Å². The van der Waals surface area contributed by atoms with Crippen LogP contribution in [-0.2, 0) is 4.74 Å². The molecule has 0 spiro atoms. The fourth-order valence-electron chi connectivity index (χ4n) is 3.04. The molecule has 0 aliphatic carbocycles. The molecule has 3 aromatic rings. The molecule has 1 amide bonds. The Kier molecular flexibility index (Phi) is 6.26. The molecule has 1 heterocycles. The molecule has 0 unspecified atom stereocenters. The molecule has 4 nitrogen and oxygen atoms in total. The highest BCUT2D eigenvalue weighted by Gasteiger charge is 2.25. The summed E-state index contributed by atoms with van der Waals surface area (Å²) < 4.78 is 45.8. The number of hydrogen-bond acceptors (Lipinski definition) is 4. The van der Waals surface area contributed by atoms with E-state index in [1.165, 1.54) is 0 Å². The summed E-state index contributed by atoms with van der Waals surface area (Å²) in [6.45, 7) is 5.60. The second-order valence-electron chi connectivity index (χ2n) is 6.57. The minimum Gasteiger partial charge on any atom is -0.462 e. The molecule has 1 aromatic heterocycles. The molecule has 0 aliphatic heterocycles. The van der Waals surface area contributed by atoms with Crippen LogP contribution in [0.25, 0.3) is 11.1 Å². The molecular formula is C22H18F3NO3S. The predicted molar refractivity (Wildman–Crippen MR) is 109 cm³/mol. The van der Waals surface area contributed by atoms with Crippen LogP contribution in [0.3, 0.4) is 0 Å². The highest BCUT2D eigenvalue weighted by atomic mass is 32.1. The van der Waals surface area contributed by atoms with Crippen LogP contribution >= 0.6 is 11.3 Å². The number of carbonyl (C=O) groups excluding carboxylic acids is 2. The van der Waals surface area contributed by atoms with Gasteiger partial charge < -0.3 is 10.1 Å². The third-order valence-electron chi connectivity index (χ3n) is 4.45. The Morgan fingerprint density at radius 2 is 1.77 bits per heavy atom. The van der Waals surface area contributed by atoms with Gasteiger partial charge in [-0.15, -0.1) is 11.3 Å². The summed E-state index contributed by atoms with van der Waals surface area (Å²) in [6, 6.07) is 7.21. The second-order valence-corrected chi connectivity index (χ2v) is 7.45. The highest BCUT2D eigenvalue weighted by Crippen LogP contribution is 2.38. The SMILES string of the molecule is CCOC(=O)c1c(-c2ccc(C)cc2C)csc1NC(=O)c1ccc(F)c(F)c1F. The largest absolute Gasteiger partial charge is 0.462 e. The molecule has 30 heavy (non-hydrogen) atoms. The third kappa shape index (κ3) is 4.09.